The van der Waals surface area contributed by atoms with E-state index < -0.39 is 12.2 Å². The van der Waals surface area contributed by atoms with Crippen LogP contribution in [0.3, 0.4) is 0 Å². The molecule has 0 saturated carbocycles. The van der Waals surface area contributed by atoms with Crippen molar-refractivity contribution in [3.63, 3.8) is 0 Å². The lowest BCUT2D eigenvalue weighted by Gasteiger charge is -2.41. The number of ether oxygens (including phenoxy) is 1. The molecule has 0 amide bonds. The van der Waals surface area contributed by atoms with Crippen LogP contribution in [0.25, 0.3) is 33.3 Å². The molecule has 2 aliphatic rings. The normalized spacial score (nSPS) is 24.0. The fourth-order valence-corrected chi connectivity index (χ4v) is 5.86. The van der Waals surface area contributed by atoms with Gasteiger partial charge in [0.05, 0.1) is 36.0 Å². The van der Waals surface area contributed by atoms with Gasteiger partial charge in [-0.15, -0.1) is 0 Å². The van der Waals surface area contributed by atoms with E-state index in [0.717, 1.165) is 23.0 Å². The summed E-state index contributed by atoms with van der Waals surface area (Å²) in [5, 5.41) is 18.8. The van der Waals surface area contributed by atoms with Crippen molar-refractivity contribution >= 4 is 39.5 Å². The second kappa shape index (κ2) is 8.25. The van der Waals surface area contributed by atoms with Crippen LogP contribution < -0.4 is 15.4 Å². The van der Waals surface area contributed by atoms with Gasteiger partial charge in [0.2, 0.25) is 0 Å². The molecule has 5 heterocycles. The smallest absolute Gasteiger partial charge is 0.177 e. The minimum atomic E-state index is -1.15. The van der Waals surface area contributed by atoms with E-state index in [1.54, 1.807) is 7.11 Å². The van der Waals surface area contributed by atoms with Gasteiger partial charge in [0, 0.05) is 23.0 Å². The molecule has 2 saturated heterocycles. The number of hydrogen-bond acceptors (Lipinski definition) is 8. The first-order valence-electron chi connectivity index (χ1n) is 11.6. The maximum atomic E-state index is 14.9. The monoisotopic (exact) mass is 497 g/mol. The predicted octanol–water partition coefficient (Wildman–Crippen LogP) is 3.44. The SMILES string of the molecule is COc1cc2c(Cl)c(-c3n[nH]c4nc(N5[C@H]6CC[C@@H]5[C@@H](F)[C@@H](N)C6)c(CO)nc34)ccc2nc1C. The van der Waals surface area contributed by atoms with Crippen LogP contribution in [0.5, 0.6) is 5.75 Å². The van der Waals surface area contributed by atoms with Crippen LogP contribution in [-0.4, -0.2) is 61.7 Å². The van der Waals surface area contributed by atoms with Crippen LogP contribution in [0.1, 0.15) is 30.7 Å². The number of pyridine rings is 1. The first kappa shape index (κ1) is 22.4. The van der Waals surface area contributed by atoms with E-state index in [1.807, 2.05) is 30.0 Å². The first-order chi connectivity index (χ1) is 16.9. The van der Waals surface area contributed by atoms with E-state index in [9.17, 15) is 9.50 Å². The molecule has 2 fully saturated rings. The van der Waals surface area contributed by atoms with Crippen LogP contribution in [0.15, 0.2) is 18.2 Å². The standard InChI is InChI=1S/C24H25ClFN7O2/c1-10-18(35-2)8-13-15(28-10)5-4-12(19(13)25)21-22-23(32-31-21)30-24(16(9-34)29-22)33-11-3-6-17(33)20(26)14(27)7-11/h4-5,8,11,14,17,20,34H,3,6-7,9,27H2,1-2H3,(H,30,31,32)/t11-,14-,17+,20-/m0/s1. The van der Waals surface area contributed by atoms with Crippen LogP contribution in [0.4, 0.5) is 10.2 Å². The topological polar surface area (TPSA) is 126 Å². The highest BCUT2D eigenvalue weighted by molar-refractivity contribution is 6.38. The number of methoxy groups -OCH3 is 1. The van der Waals surface area contributed by atoms with Gasteiger partial charge in [-0.3, -0.25) is 5.10 Å². The number of hydrogen-bond donors (Lipinski definition) is 3. The van der Waals surface area contributed by atoms with E-state index in [1.165, 1.54) is 0 Å². The maximum absolute atomic E-state index is 14.9. The number of aromatic amines is 1. The highest BCUT2D eigenvalue weighted by Gasteiger charge is 2.48. The maximum Gasteiger partial charge on any atom is 0.177 e. The average molecular weight is 498 g/mol. The Hall–Kier alpha value is -3.08. The van der Waals surface area contributed by atoms with Crippen LogP contribution in [-0.2, 0) is 6.61 Å². The molecule has 6 rings (SSSR count). The minimum absolute atomic E-state index is 0.0716. The van der Waals surface area contributed by atoms with E-state index in [4.69, 9.17) is 32.0 Å². The number of halogens is 2. The molecule has 2 aliphatic heterocycles. The number of rotatable bonds is 4. The Labute approximate surface area is 205 Å². The third kappa shape index (κ3) is 3.35. The molecule has 11 heteroatoms. The van der Waals surface area contributed by atoms with Gasteiger partial charge in [-0.2, -0.15) is 5.10 Å². The third-order valence-corrected chi connectivity index (χ3v) is 7.67. The number of aliphatic hydroxyl groups is 1. The molecule has 0 unspecified atom stereocenters. The van der Waals surface area contributed by atoms with Gasteiger partial charge in [-0.25, -0.2) is 19.3 Å². The van der Waals surface area contributed by atoms with Crippen molar-refractivity contribution in [1.82, 2.24) is 25.1 Å². The Morgan fingerprint density at radius 2 is 2.11 bits per heavy atom. The number of alkyl halides is 1. The quantitative estimate of drug-likeness (QED) is 0.391. The number of benzene rings is 1. The zero-order valence-corrected chi connectivity index (χ0v) is 20.1. The Morgan fingerprint density at radius 3 is 2.89 bits per heavy atom. The van der Waals surface area contributed by atoms with E-state index in [2.05, 4.69) is 15.2 Å². The summed E-state index contributed by atoms with van der Waals surface area (Å²) in [6, 6.07) is 4.78. The number of anilines is 1. The highest BCUT2D eigenvalue weighted by atomic mass is 35.5. The predicted molar refractivity (Wildman–Crippen MR) is 131 cm³/mol. The molecular formula is C24H25ClFN7O2. The van der Waals surface area contributed by atoms with Crippen molar-refractivity contribution in [3.8, 4) is 17.0 Å². The number of piperidine rings is 1. The molecule has 35 heavy (non-hydrogen) atoms. The lowest BCUT2D eigenvalue weighted by Crippen LogP contribution is -2.56. The summed E-state index contributed by atoms with van der Waals surface area (Å²) in [4.78, 5) is 16.0. The fourth-order valence-electron chi connectivity index (χ4n) is 5.56. The number of nitrogens with two attached hydrogens (primary N) is 1. The second-order valence-electron chi connectivity index (χ2n) is 9.24. The minimum Gasteiger partial charge on any atom is -0.495 e. The summed E-state index contributed by atoms with van der Waals surface area (Å²) < 4.78 is 20.3. The summed E-state index contributed by atoms with van der Waals surface area (Å²) in [6.45, 7) is 1.53. The Bertz CT molecular complexity index is 1460. The van der Waals surface area contributed by atoms with Gasteiger partial charge in [0.25, 0.3) is 0 Å². The molecular weight excluding hydrogens is 473 g/mol. The van der Waals surface area contributed by atoms with Crippen molar-refractivity contribution in [2.45, 2.75) is 57.1 Å². The summed E-state index contributed by atoms with van der Waals surface area (Å²) in [7, 11) is 1.59. The number of H-pyrrole nitrogens is 1. The van der Waals surface area contributed by atoms with Gasteiger partial charge in [0.1, 0.15) is 28.8 Å². The second-order valence-corrected chi connectivity index (χ2v) is 9.62. The Balaban J connectivity index is 1.48. The summed E-state index contributed by atoms with van der Waals surface area (Å²) in [6.07, 6.45) is 0.921. The molecule has 4 N–H and O–H groups in total. The molecule has 1 aromatic carbocycles. The number of aryl methyl sites for hydroxylation is 1. The summed E-state index contributed by atoms with van der Waals surface area (Å²) >= 11 is 6.81. The first-order valence-corrected chi connectivity index (χ1v) is 12.0. The lowest BCUT2D eigenvalue weighted by atomic mass is 9.96. The third-order valence-electron chi connectivity index (χ3n) is 7.26. The van der Waals surface area contributed by atoms with E-state index >= 15 is 0 Å². The molecule has 3 aromatic heterocycles. The largest absolute Gasteiger partial charge is 0.495 e. The zero-order valence-electron chi connectivity index (χ0n) is 19.3. The van der Waals surface area contributed by atoms with E-state index in [-0.39, 0.29) is 18.7 Å². The zero-order chi connectivity index (χ0) is 24.4. The Morgan fingerprint density at radius 1 is 1.29 bits per heavy atom. The fraction of sp³-hybridized carbons (Fsp3) is 0.417. The number of aromatic nitrogens is 5. The van der Waals surface area contributed by atoms with Crippen molar-refractivity contribution in [2.24, 2.45) is 5.73 Å². The van der Waals surface area contributed by atoms with Crippen molar-refractivity contribution in [3.05, 3.63) is 34.6 Å². The molecule has 2 bridgehead atoms. The summed E-state index contributed by atoms with van der Waals surface area (Å²) in [5.41, 5.74) is 9.96. The van der Waals surface area contributed by atoms with Gasteiger partial charge in [-0.1, -0.05) is 11.6 Å². The van der Waals surface area contributed by atoms with Crippen molar-refractivity contribution in [2.75, 3.05) is 12.0 Å². The molecule has 0 radical (unpaired) electrons. The molecule has 182 valence electrons. The molecule has 0 aliphatic carbocycles. The molecule has 9 nitrogen and oxygen atoms in total. The Kier molecular flexibility index (Phi) is 5.28. The van der Waals surface area contributed by atoms with Crippen molar-refractivity contribution < 1.29 is 14.2 Å². The average Bonchev–Trinajstić information content (AvgIpc) is 3.42. The van der Waals surface area contributed by atoms with E-state index in [0.29, 0.717) is 57.5 Å². The van der Waals surface area contributed by atoms with Crippen LogP contribution in [0, 0.1) is 6.92 Å². The number of nitrogens with zero attached hydrogens (tertiary/aromatic N) is 5. The number of aliphatic hydroxyl groups excluding tert-OH is 1. The summed E-state index contributed by atoms with van der Waals surface area (Å²) in [5.74, 6) is 1.11. The van der Waals surface area contributed by atoms with Crippen LogP contribution in [0.2, 0.25) is 5.02 Å². The molecule has 0 spiro atoms. The van der Waals surface area contributed by atoms with Gasteiger partial charge in [-0.05, 0) is 44.4 Å². The molecule has 4 aromatic rings. The van der Waals surface area contributed by atoms with Crippen LogP contribution >= 0.6 is 11.6 Å². The van der Waals surface area contributed by atoms with Gasteiger partial charge < -0.3 is 20.5 Å². The number of nitrogens with one attached hydrogen (secondary N) is 1. The molecule has 4 atom stereocenters. The van der Waals surface area contributed by atoms with Gasteiger partial charge >= 0.3 is 0 Å². The number of fused-ring (bicyclic) bond motifs is 4. The lowest BCUT2D eigenvalue weighted by molar-refractivity contribution is 0.202. The van der Waals surface area contributed by atoms with Crippen molar-refractivity contribution in [1.29, 1.82) is 0 Å². The van der Waals surface area contributed by atoms with Gasteiger partial charge in [0.15, 0.2) is 11.5 Å². The highest BCUT2D eigenvalue weighted by Crippen LogP contribution is 2.42.